The first kappa shape index (κ1) is 12.9. The predicted octanol–water partition coefficient (Wildman–Crippen LogP) is -1.39. The third-order valence-corrected chi connectivity index (χ3v) is 2.91. The van der Waals surface area contributed by atoms with Crippen molar-refractivity contribution in [3.05, 3.63) is 32.6 Å². The van der Waals surface area contributed by atoms with Crippen LogP contribution in [0.5, 0.6) is 0 Å². The van der Waals surface area contributed by atoms with Crippen molar-refractivity contribution >= 4 is 0 Å². The highest BCUT2D eigenvalue weighted by Gasteiger charge is 2.36. The lowest BCUT2D eigenvalue weighted by Gasteiger charge is -2.14. The Morgan fingerprint density at radius 2 is 2.33 bits per heavy atom. The molecule has 1 fully saturated rings. The van der Waals surface area contributed by atoms with Crippen molar-refractivity contribution in [2.24, 2.45) is 5.73 Å². The minimum absolute atomic E-state index is 0.0369. The molecule has 0 saturated carbocycles. The number of alkyl halides is 1. The average molecular weight is 259 g/mol. The molecular weight excluding hydrogens is 245 g/mol. The van der Waals surface area contributed by atoms with Crippen LogP contribution < -0.4 is 17.0 Å². The summed E-state index contributed by atoms with van der Waals surface area (Å²) >= 11 is 0. The molecule has 0 aromatic carbocycles. The van der Waals surface area contributed by atoms with E-state index in [2.05, 4.69) is 4.98 Å². The third-order valence-electron chi connectivity index (χ3n) is 2.91. The Kier molecular flexibility index (Phi) is 3.60. The molecule has 3 atom stereocenters. The fraction of sp³-hybridized carbons (Fsp3) is 0.600. The minimum atomic E-state index is -1.35. The van der Waals surface area contributed by atoms with Crippen LogP contribution in [0.1, 0.15) is 18.2 Å². The molecule has 100 valence electrons. The Balaban J connectivity index is 2.35. The lowest BCUT2D eigenvalue weighted by molar-refractivity contribution is -0.0357. The summed E-state index contributed by atoms with van der Waals surface area (Å²) in [6, 6.07) is 0. The number of nitrogens with zero attached hydrogens (tertiary/aromatic N) is 1. The van der Waals surface area contributed by atoms with Gasteiger partial charge in [0.2, 0.25) is 0 Å². The van der Waals surface area contributed by atoms with E-state index < -0.39 is 36.4 Å². The molecule has 1 saturated heterocycles. The van der Waals surface area contributed by atoms with Gasteiger partial charge in [-0.05, 0) is 0 Å². The zero-order valence-corrected chi connectivity index (χ0v) is 9.51. The van der Waals surface area contributed by atoms with Gasteiger partial charge < -0.3 is 15.6 Å². The molecule has 1 aromatic rings. The molecular formula is C10H14FN3O4. The van der Waals surface area contributed by atoms with E-state index in [1.807, 2.05) is 0 Å². The van der Waals surface area contributed by atoms with Gasteiger partial charge >= 0.3 is 5.69 Å². The van der Waals surface area contributed by atoms with E-state index in [-0.39, 0.29) is 18.5 Å². The predicted molar refractivity (Wildman–Crippen MR) is 59.7 cm³/mol. The Hall–Kier alpha value is -1.51. The molecule has 1 aromatic heterocycles. The standard InChI is InChI=1S/C10H14FN3O4/c11-6-1-8(18-7(6)4-15)14-3-5(2-12)9(16)13-10(14)17/h3,6-8,15H,1-2,4,12H2,(H,13,16,17)/t6?,7-,8-/m0/s1. The molecule has 7 nitrogen and oxygen atoms in total. The van der Waals surface area contributed by atoms with Crippen LogP contribution in [-0.2, 0) is 11.3 Å². The molecule has 1 unspecified atom stereocenters. The monoisotopic (exact) mass is 259 g/mol. The Bertz CT molecular complexity index is 541. The number of H-pyrrole nitrogens is 1. The number of halogens is 1. The van der Waals surface area contributed by atoms with Crippen molar-refractivity contribution in [2.45, 2.75) is 31.5 Å². The van der Waals surface area contributed by atoms with Crippen LogP contribution in [0, 0.1) is 0 Å². The molecule has 1 aliphatic rings. The number of aliphatic hydroxyl groups excluding tert-OH is 1. The third kappa shape index (κ3) is 2.22. The normalized spacial score (nSPS) is 27.6. The molecule has 2 heterocycles. The van der Waals surface area contributed by atoms with Crippen LogP contribution in [-0.4, -0.2) is 33.5 Å². The summed E-state index contributed by atoms with van der Waals surface area (Å²) in [7, 11) is 0. The van der Waals surface area contributed by atoms with Gasteiger partial charge in [-0.25, -0.2) is 9.18 Å². The van der Waals surface area contributed by atoms with Gasteiger partial charge in [0.15, 0.2) is 0 Å². The van der Waals surface area contributed by atoms with E-state index >= 15 is 0 Å². The number of hydrogen-bond donors (Lipinski definition) is 3. The molecule has 0 radical (unpaired) electrons. The highest BCUT2D eigenvalue weighted by Crippen LogP contribution is 2.29. The number of nitrogens with two attached hydrogens (primary N) is 1. The maximum Gasteiger partial charge on any atom is 0.330 e. The quantitative estimate of drug-likeness (QED) is 0.619. The first-order valence-electron chi connectivity index (χ1n) is 5.51. The lowest BCUT2D eigenvalue weighted by Crippen LogP contribution is -2.35. The van der Waals surface area contributed by atoms with Crippen molar-refractivity contribution in [3.63, 3.8) is 0 Å². The van der Waals surface area contributed by atoms with Crippen LogP contribution in [0.3, 0.4) is 0 Å². The number of aromatic amines is 1. The van der Waals surface area contributed by atoms with E-state index in [1.54, 1.807) is 0 Å². The largest absolute Gasteiger partial charge is 0.394 e. The topological polar surface area (TPSA) is 110 Å². The number of aromatic nitrogens is 2. The Morgan fingerprint density at radius 3 is 2.89 bits per heavy atom. The highest BCUT2D eigenvalue weighted by atomic mass is 19.1. The summed E-state index contributed by atoms with van der Waals surface area (Å²) in [5.41, 5.74) is 4.32. The fourth-order valence-corrected chi connectivity index (χ4v) is 1.91. The minimum Gasteiger partial charge on any atom is -0.394 e. The van der Waals surface area contributed by atoms with Gasteiger partial charge in [0.05, 0.1) is 6.61 Å². The van der Waals surface area contributed by atoms with Gasteiger partial charge in [0.25, 0.3) is 5.56 Å². The van der Waals surface area contributed by atoms with Crippen LogP contribution in [0.2, 0.25) is 0 Å². The molecule has 0 aliphatic carbocycles. The zero-order chi connectivity index (χ0) is 13.3. The van der Waals surface area contributed by atoms with Gasteiger partial charge in [-0.2, -0.15) is 0 Å². The van der Waals surface area contributed by atoms with Crippen LogP contribution in [0.4, 0.5) is 4.39 Å². The molecule has 4 N–H and O–H groups in total. The van der Waals surface area contributed by atoms with Gasteiger partial charge in [-0.3, -0.25) is 14.3 Å². The molecule has 8 heteroatoms. The summed E-state index contributed by atoms with van der Waals surface area (Å²) in [6.45, 7) is -0.496. The molecule has 2 rings (SSSR count). The van der Waals surface area contributed by atoms with E-state index in [1.165, 1.54) is 6.20 Å². The lowest BCUT2D eigenvalue weighted by atomic mass is 10.2. The summed E-state index contributed by atoms with van der Waals surface area (Å²) in [5.74, 6) is 0. The smallest absolute Gasteiger partial charge is 0.330 e. The van der Waals surface area contributed by atoms with Crippen LogP contribution in [0.15, 0.2) is 15.8 Å². The average Bonchev–Trinajstić information content (AvgIpc) is 2.70. The Morgan fingerprint density at radius 1 is 1.61 bits per heavy atom. The van der Waals surface area contributed by atoms with Crippen molar-refractivity contribution in [1.82, 2.24) is 9.55 Å². The SMILES string of the molecule is NCc1cn([C@@H]2CC(F)[C@H](CO)O2)c(=O)[nH]c1=O. The van der Waals surface area contributed by atoms with Crippen molar-refractivity contribution in [3.8, 4) is 0 Å². The van der Waals surface area contributed by atoms with E-state index in [0.717, 1.165) is 4.57 Å². The molecule has 0 amide bonds. The molecule has 18 heavy (non-hydrogen) atoms. The van der Waals surface area contributed by atoms with E-state index in [4.69, 9.17) is 15.6 Å². The maximum absolute atomic E-state index is 13.4. The summed E-state index contributed by atoms with van der Waals surface area (Å²) in [6.07, 6.45) is -1.93. The zero-order valence-electron chi connectivity index (χ0n) is 9.51. The van der Waals surface area contributed by atoms with Crippen LogP contribution in [0.25, 0.3) is 0 Å². The van der Waals surface area contributed by atoms with E-state index in [9.17, 15) is 14.0 Å². The van der Waals surface area contributed by atoms with Gasteiger partial charge in [0, 0.05) is 24.7 Å². The summed E-state index contributed by atoms with van der Waals surface area (Å²) in [5, 5.41) is 8.89. The summed E-state index contributed by atoms with van der Waals surface area (Å²) < 4.78 is 19.7. The fourth-order valence-electron chi connectivity index (χ4n) is 1.91. The Labute approximate surface area is 101 Å². The number of nitrogens with one attached hydrogen (secondary N) is 1. The second-order valence-electron chi connectivity index (χ2n) is 4.09. The number of aliphatic hydroxyl groups is 1. The van der Waals surface area contributed by atoms with Gasteiger partial charge in [0.1, 0.15) is 18.5 Å². The van der Waals surface area contributed by atoms with Crippen LogP contribution >= 0.6 is 0 Å². The second kappa shape index (κ2) is 5.01. The van der Waals surface area contributed by atoms with Gasteiger partial charge in [-0.15, -0.1) is 0 Å². The number of ether oxygens (including phenoxy) is 1. The summed E-state index contributed by atoms with van der Waals surface area (Å²) in [4.78, 5) is 25.0. The van der Waals surface area contributed by atoms with E-state index in [0.29, 0.717) is 0 Å². The molecule has 1 aliphatic heterocycles. The van der Waals surface area contributed by atoms with Crippen molar-refractivity contribution in [2.75, 3.05) is 6.61 Å². The highest BCUT2D eigenvalue weighted by molar-refractivity contribution is 5.04. The maximum atomic E-state index is 13.4. The molecule has 0 spiro atoms. The molecule has 0 bridgehead atoms. The number of rotatable bonds is 3. The first-order chi connectivity index (χ1) is 8.56. The second-order valence-corrected chi connectivity index (χ2v) is 4.09. The van der Waals surface area contributed by atoms with Gasteiger partial charge in [-0.1, -0.05) is 0 Å². The first-order valence-corrected chi connectivity index (χ1v) is 5.51. The number of hydrogen-bond acceptors (Lipinski definition) is 5. The van der Waals surface area contributed by atoms with Crippen molar-refractivity contribution < 1.29 is 14.2 Å². The van der Waals surface area contributed by atoms with Crippen molar-refractivity contribution in [1.29, 1.82) is 0 Å².